The lowest BCUT2D eigenvalue weighted by molar-refractivity contribution is 0.374. The van der Waals surface area contributed by atoms with Crippen LogP contribution in [0, 0.1) is 13.8 Å². The molecule has 2 aromatic carbocycles. The summed E-state index contributed by atoms with van der Waals surface area (Å²) in [6, 6.07) is 13.1. The molecule has 0 radical (unpaired) electrons. The molecule has 1 fully saturated rings. The molecular weight excluding hydrogens is 326 g/mol. The summed E-state index contributed by atoms with van der Waals surface area (Å²) < 4.78 is 1.13. The normalized spacial score (nSPS) is 20.9. The molecule has 1 aliphatic carbocycles. The lowest BCUT2D eigenvalue weighted by Gasteiger charge is -2.37. The van der Waals surface area contributed by atoms with Crippen LogP contribution in [0.1, 0.15) is 35.4 Å². The molecule has 2 aromatic rings. The van der Waals surface area contributed by atoms with E-state index in [9.17, 15) is 5.11 Å². The fourth-order valence-electron chi connectivity index (χ4n) is 2.92. The molecule has 0 bridgehead atoms. The van der Waals surface area contributed by atoms with Gasteiger partial charge in [0, 0.05) is 16.2 Å². The van der Waals surface area contributed by atoms with Crippen molar-refractivity contribution in [3.8, 4) is 5.75 Å². The first-order chi connectivity index (χ1) is 10.0. The average Bonchev–Trinajstić information content (AvgIpc) is 2.40. The Labute approximate surface area is 134 Å². The van der Waals surface area contributed by atoms with Gasteiger partial charge >= 0.3 is 0 Å². The maximum absolute atomic E-state index is 9.71. The smallest absolute Gasteiger partial charge is 0.118 e. The highest BCUT2D eigenvalue weighted by Gasteiger charge is 2.30. The molecule has 110 valence electrons. The zero-order chi connectivity index (χ0) is 15.0. The molecule has 1 saturated carbocycles. The number of halogens is 1. The Balaban J connectivity index is 1.62. The number of hydrogen-bond acceptors (Lipinski definition) is 2. The van der Waals surface area contributed by atoms with E-state index in [0.717, 1.165) is 21.3 Å². The van der Waals surface area contributed by atoms with Gasteiger partial charge in [0.25, 0.3) is 0 Å². The molecule has 3 heteroatoms. The first kappa shape index (κ1) is 14.5. The fourth-order valence-corrected chi connectivity index (χ4v) is 3.18. The molecule has 0 amide bonds. The summed E-state index contributed by atoms with van der Waals surface area (Å²) in [6.07, 6.45) is 2.34. The van der Waals surface area contributed by atoms with Gasteiger partial charge in [-0.05, 0) is 73.6 Å². The molecule has 21 heavy (non-hydrogen) atoms. The van der Waals surface area contributed by atoms with Crippen molar-refractivity contribution in [3.63, 3.8) is 0 Å². The van der Waals surface area contributed by atoms with Crippen molar-refractivity contribution in [1.29, 1.82) is 0 Å². The van der Waals surface area contributed by atoms with Gasteiger partial charge in [-0.3, -0.25) is 0 Å². The second-order valence-corrected chi connectivity index (χ2v) is 6.93. The quantitative estimate of drug-likeness (QED) is 0.755. The van der Waals surface area contributed by atoms with Crippen molar-refractivity contribution in [3.05, 3.63) is 57.6 Å². The summed E-state index contributed by atoms with van der Waals surface area (Å²) >= 11 is 3.48. The van der Waals surface area contributed by atoms with E-state index in [4.69, 9.17) is 0 Å². The van der Waals surface area contributed by atoms with Crippen LogP contribution in [0.15, 0.2) is 40.9 Å². The SMILES string of the molecule is Cc1cc(NC2CC(c3ccc(Br)cc3)C2)c(C)cc1O. The van der Waals surface area contributed by atoms with E-state index in [1.165, 1.54) is 18.4 Å². The number of anilines is 1. The van der Waals surface area contributed by atoms with Crippen molar-refractivity contribution in [2.45, 2.75) is 38.6 Å². The topological polar surface area (TPSA) is 32.3 Å². The van der Waals surface area contributed by atoms with Gasteiger partial charge in [0.15, 0.2) is 0 Å². The average molecular weight is 346 g/mol. The number of phenols is 1. The van der Waals surface area contributed by atoms with Crippen molar-refractivity contribution in [2.75, 3.05) is 5.32 Å². The zero-order valence-electron chi connectivity index (χ0n) is 12.4. The van der Waals surface area contributed by atoms with Crippen molar-refractivity contribution < 1.29 is 5.11 Å². The Bertz CT molecular complexity index is 645. The molecular formula is C18H20BrNO. The van der Waals surface area contributed by atoms with Crippen molar-refractivity contribution in [1.82, 2.24) is 0 Å². The van der Waals surface area contributed by atoms with E-state index >= 15 is 0 Å². The van der Waals surface area contributed by atoms with Crippen LogP contribution in [0.3, 0.4) is 0 Å². The van der Waals surface area contributed by atoms with Gasteiger partial charge in [-0.1, -0.05) is 28.1 Å². The minimum atomic E-state index is 0.374. The standard InChI is InChI=1S/C18H20BrNO/c1-11-8-18(21)12(2)7-17(11)20-16-9-14(10-16)13-3-5-15(19)6-4-13/h3-8,14,16,20-21H,9-10H2,1-2H3. The van der Waals surface area contributed by atoms with Gasteiger partial charge in [-0.2, -0.15) is 0 Å². The summed E-state index contributed by atoms with van der Waals surface area (Å²) in [5.41, 5.74) is 4.59. The molecule has 0 heterocycles. The molecule has 0 spiro atoms. The monoisotopic (exact) mass is 345 g/mol. The van der Waals surface area contributed by atoms with E-state index in [1.54, 1.807) is 0 Å². The van der Waals surface area contributed by atoms with Crippen LogP contribution in [-0.4, -0.2) is 11.1 Å². The number of hydrogen-bond donors (Lipinski definition) is 2. The van der Waals surface area contributed by atoms with Gasteiger partial charge in [0.05, 0.1) is 0 Å². The van der Waals surface area contributed by atoms with Crippen molar-refractivity contribution in [2.24, 2.45) is 0 Å². The Hall–Kier alpha value is -1.48. The van der Waals surface area contributed by atoms with Crippen LogP contribution in [-0.2, 0) is 0 Å². The summed E-state index contributed by atoms with van der Waals surface area (Å²) in [4.78, 5) is 0. The molecule has 0 aromatic heterocycles. The molecule has 0 aliphatic heterocycles. The maximum atomic E-state index is 9.71. The van der Waals surface area contributed by atoms with Crippen LogP contribution in [0.5, 0.6) is 5.75 Å². The minimum absolute atomic E-state index is 0.374. The van der Waals surface area contributed by atoms with Gasteiger partial charge < -0.3 is 10.4 Å². The Morgan fingerprint density at radius 3 is 2.38 bits per heavy atom. The molecule has 0 saturated heterocycles. The van der Waals surface area contributed by atoms with E-state index in [1.807, 2.05) is 26.0 Å². The largest absolute Gasteiger partial charge is 0.508 e. The molecule has 2 N–H and O–H groups in total. The van der Waals surface area contributed by atoms with E-state index in [0.29, 0.717) is 17.7 Å². The number of rotatable bonds is 3. The van der Waals surface area contributed by atoms with E-state index in [2.05, 4.69) is 45.5 Å². The molecule has 0 atom stereocenters. The summed E-state index contributed by atoms with van der Waals surface area (Å²) in [5, 5.41) is 13.3. The second kappa shape index (κ2) is 5.72. The predicted octanol–water partition coefficient (Wildman–Crippen LogP) is 5.13. The third-order valence-electron chi connectivity index (χ3n) is 4.38. The van der Waals surface area contributed by atoms with Gasteiger partial charge in [-0.25, -0.2) is 0 Å². The zero-order valence-corrected chi connectivity index (χ0v) is 13.9. The second-order valence-electron chi connectivity index (χ2n) is 6.01. The first-order valence-electron chi connectivity index (χ1n) is 7.35. The minimum Gasteiger partial charge on any atom is -0.508 e. The molecule has 1 aliphatic rings. The summed E-state index contributed by atoms with van der Waals surface area (Å²) in [6.45, 7) is 3.97. The molecule has 2 nitrogen and oxygen atoms in total. The highest BCUT2D eigenvalue weighted by molar-refractivity contribution is 9.10. The highest BCUT2D eigenvalue weighted by atomic mass is 79.9. The number of benzene rings is 2. The number of nitrogens with one attached hydrogen (secondary N) is 1. The van der Waals surface area contributed by atoms with E-state index in [-0.39, 0.29) is 0 Å². The lowest BCUT2D eigenvalue weighted by Crippen LogP contribution is -2.34. The van der Waals surface area contributed by atoms with Crippen LogP contribution in [0.2, 0.25) is 0 Å². The third kappa shape index (κ3) is 3.08. The number of phenolic OH excluding ortho intramolecular Hbond substituents is 1. The van der Waals surface area contributed by atoms with Crippen molar-refractivity contribution >= 4 is 21.6 Å². The van der Waals surface area contributed by atoms with Crippen LogP contribution >= 0.6 is 15.9 Å². The predicted molar refractivity (Wildman–Crippen MR) is 91.1 cm³/mol. The van der Waals surface area contributed by atoms with Gasteiger partial charge in [-0.15, -0.1) is 0 Å². The lowest BCUT2D eigenvalue weighted by atomic mass is 9.76. The number of aromatic hydroxyl groups is 1. The summed E-state index contributed by atoms with van der Waals surface area (Å²) in [7, 11) is 0. The van der Waals surface area contributed by atoms with Crippen LogP contribution < -0.4 is 5.32 Å². The fraction of sp³-hybridized carbons (Fsp3) is 0.333. The van der Waals surface area contributed by atoms with Gasteiger partial charge in [0.1, 0.15) is 5.75 Å². The highest BCUT2D eigenvalue weighted by Crippen LogP contribution is 2.39. The van der Waals surface area contributed by atoms with Crippen LogP contribution in [0.25, 0.3) is 0 Å². The van der Waals surface area contributed by atoms with Crippen LogP contribution in [0.4, 0.5) is 5.69 Å². The Morgan fingerprint density at radius 2 is 1.71 bits per heavy atom. The maximum Gasteiger partial charge on any atom is 0.118 e. The first-order valence-corrected chi connectivity index (χ1v) is 8.14. The van der Waals surface area contributed by atoms with E-state index < -0.39 is 0 Å². The van der Waals surface area contributed by atoms with Gasteiger partial charge in [0.2, 0.25) is 0 Å². The number of aryl methyl sites for hydroxylation is 2. The Kier molecular flexibility index (Phi) is 3.94. The molecule has 3 rings (SSSR count). The Morgan fingerprint density at radius 1 is 1.05 bits per heavy atom. The summed E-state index contributed by atoms with van der Waals surface area (Å²) in [5.74, 6) is 1.04. The molecule has 0 unspecified atom stereocenters. The third-order valence-corrected chi connectivity index (χ3v) is 4.91.